The summed E-state index contributed by atoms with van der Waals surface area (Å²) in [6.45, 7) is 0. The molecule has 10 aromatic rings. The minimum atomic E-state index is 0.589. The zero-order valence-electron chi connectivity index (χ0n) is 32.2. The quantitative estimate of drug-likeness (QED) is 0.143. The van der Waals surface area contributed by atoms with Gasteiger partial charge in [0.25, 0.3) is 0 Å². The summed E-state index contributed by atoms with van der Waals surface area (Å²) in [4.78, 5) is 39.4. The van der Waals surface area contributed by atoms with Crippen LogP contribution in [0.25, 0.3) is 102 Å². The number of hydrogen-bond donors (Lipinski definition) is 0. The zero-order valence-corrected chi connectivity index (χ0v) is 32.2. The Labute approximate surface area is 347 Å². The number of aromatic nitrogens is 8. The van der Waals surface area contributed by atoms with Crippen molar-refractivity contribution in [3.05, 3.63) is 207 Å². The smallest absolute Gasteiger partial charge is 0.160 e. The molecule has 0 fully saturated rings. The number of benzene rings is 3. The van der Waals surface area contributed by atoms with E-state index in [4.69, 9.17) is 19.9 Å². The molecule has 0 N–H and O–H groups in total. The molecular weight excluding hydrogens is 737 g/mol. The van der Waals surface area contributed by atoms with E-state index in [0.717, 1.165) is 95.9 Å². The van der Waals surface area contributed by atoms with Gasteiger partial charge >= 0.3 is 0 Å². The van der Waals surface area contributed by atoms with Crippen molar-refractivity contribution < 1.29 is 0 Å². The fraction of sp³-hybridized carbons (Fsp3) is 0. The molecule has 0 amide bonds. The highest BCUT2D eigenvalue weighted by Crippen LogP contribution is 2.38. The lowest BCUT2D eigenvalue weighted by molar-refractivity contribution is 1.18. The fourth-order valence-electron chi connectivity index (χ4n) is 7.16. The molecule has 10 rings (SSSR count). The van der Waals surface area contributed by atoms with Crippen LogP contribution in [0.2, 0.25) is 0 Å². The number of pyridine rings is 6. The summed E-state index contributed by atoms with van der Waals surface area (Å²) >= 11 is 0. The molecule has 3 aromatic carbocycles. The SMILES string of the molecule is c1ccc(-c2cc(-c3ccccc3)nc(-c3cc(-c4cc(-c5ccccn5)nc(-c5ccccn5)c4)cc(-c4cc(-c5ccccn5)nc(-c5ccccn5)c4)c3)n2)cc1. The van der Waals surface area contributed by atoms with Crippen LogP contribution in [0.1, 0.15) is 0 Å². The molecule has 0 bridgehead atoms. The molecule has 7 heterocycles. The van der Waals surface area contributed by atoms with Gasteiger partial charge in [0, 0.05) is 41.5 Å². The molecule has 8 nitrogen and oxygen atoms in total. The minimum Gasteiger partial charge on any atom is -0.255 e. The van der Waals surface area contributed by atoms with Crippen molar-refractivity contribution in [1.82, 2.24) is 39.9 Å². The number of rotatable bonds is 9. The third kappa shape index (κ3) is 7.68. The van der Waals surface area contributed by atoms with Crippen LogP contribution in [-0.4, -0.2) is 39.9 Å². The predicted octanol–water partition coefficient (Wildman–Crippen LogP) is 11.8. The summed E-state index contributed by atoms with van der Waals surface area (Å²) in [6.07, 6.45) is 7.14. The highest BCUT2D eigenvalue weighted by atomic mass is 14.9. The lowest BCUT2D eigenvalue weighted by Crippen LogP contribution is -1.98. The first kappa shape index (κ1) is 36.0. The van der Waals surface area contributed by atoms with Gasteiger partial charge in [0.05, 0.1) is 56.9 Å². The lowest BCUT2D eigenvalue weighted by atomic mass is 9.94. The van der Waals surface area contributed by atoms with Crippen molar-refractivity contribution in [2.75, 3.05) is 0 Å². The number of hydrogen-bond acceptors (Lipinski definition) is 8. The Balaban J connectivity index is 1.24. The van der Waals surface area contributed by atoms with Gasteiger partial charge in [-0.05, 0) is 119 Å². The first-order chi connectivity index (χ1) is 29.7. The van der Waals surface area contributed by atoms with E-state index in [1.54, 1.807) is 24.8 Å². The maximum Gasteiger partial charge on any atom is 0.160 e. The molecule has 0 spiro atoms. The largest absolute Gasteiger partial charge is 0.255 e. The van der Waals surface area contributed by atoms with Crippen LogP contribution >= 0.6 is 0 Å². The van der Waals surface area contributed by atoms with Crippen LogP contribution < -0.4 is 0 Å². The Kier molecular flexibility index (Phi) is 9.75. The van der Waals surface area contributed by atoms with Gasteiger partial charge in [0.15, 0.2) is 5.82 Å². The first-order valence-electron chi connectivity index (χ1n) is 19.6. The monoisotopic (exact) mass is 770 g/mol. The van der Waals surface area contributed by atoms with E-state index < -0.39 is 0 Å². The van der Waals surface area contributed by atoms with Crippen LogP contribution in [0.3, 0.4) is 0 Å². The van der Waals surface area contributed by atoms with E-state index >= 15 is 0 Å². The molecule has 0 aliphatic carbocycles. The first-order valence-corrected chi connectivity index (χ1v) is 19.6. The summed E-state index contributed by atoms with van der Waals surface area (Å²) in [5, 5.41) is 0. The average molecular weight is 771 g/mol. The molecule has 0 unspecified atom stereocenters. The van der Waals surface area contributed by atoms with Crippen LogP contribution in [0, 0.1) is 0 Å². The summed E-state index contributed by atoms with van der Waals surface area (Å²) in [5.74, 6) is 0.589. The van der Waals surface area contributed by atoms with Crippen molar-refractivity contribution in [3.63, 3.8) is 0 Å². The Hall–Kier alpha value is -8.36. The van der Waals surface area contributed by atoms with Gasteiger partial charge < -0.3 is 0 Å². The van der Waals surface area contributed by atoms with E-state index in [9.17, 15) is 0 Å². The fourth-order valence-corrected chi connectivity index (χ4v) is 7.16. The molecule has 0 radical (unpaired) electrons. The van der Waals surface area contributed by atoms with E-state index in [2.05, 4.69) is 92.7 Å². The van der Waals surface area contributed by atoms with Crippen molar-refractivity contribution in [1.29, 1.82) is 0 Å². The maximum atomic E-state index is 5.25. The van der Waals surface area contributed by atoms with E-state index in [-0.39, 0.29) is 0 Å². The highest BCUT2D eigenvalue weighted by Gasteiger charge is 2.18. The van der Waals surface area contributed by atoms with Crippen LogP contribution in [0.15, 0.2) is 207 Å². The predicted molar refractivity (Wildman–Crippen MR) is 238 cm³/mol. The van der Waals surface area contributed by atoms with Crippen molar-refractivity contribution in [2.24, 2.45) is 0 Å². The van der Waals surface area contributed by atoms with Crippen LogP contribution in [0.4, 0.5) is 0 Å². The second-order valence-electron chi connectivity index (χ2n) is 14.1. The van der Waals surface area contributed by atoms with E-state index in [1.807, 2.05) is 109 Å². The van der Waals surface area contributed by atoms with Crippen molar-refractivity contribution >= 4 is 0 Å². The molecule has 0 aliphatic rings. The molecule has 0 aliphatic heterocycles. The van der Waals surface area contributed by atoms with Gasteiger partial charge in [-0.15, -0.1) is 0 Å². The molecule has 0 saturated carbocycles. The molecule has 60 heavy (non-hydrogen) atoms. The average Bonchev–Trinajstić information content (AvgIpc) is 3.35. The molecule has 0 saturated heterocycles. The van der Waals surface area contributed by atoms with Crippen LogP contribution in [0.5, 0.6) is 0 Å². The van der Waals surface area contributed by atoms with Gasteiger partial charge in [-0.1, -0.05) is 84.9 Å². The molecular formula is C52H34N8. The summed E-state index contributed by atoms with van der Waals surface area (Å²) in [7, 11) is 0. The van der Waals surface area contributed by atoms with Crippen molar-refractivity contribution in [3.8, 4) is 102 Å². The van der Waals surface area contributed by atoms with Gasteiger partial charge in [-0.25, -0.2) is 19.9 Å². The Morgan fingerprint density at radius 1 is 0.200 bits per heavy atom. The van der Waals surface area contributed by atoms with Crippen LogP contribution in [-0.2, 0) is 0 Å². The molecule has 7 aromatic heterocycles. The highest BCUT2D eigenvalue weighted by molar-refractivity contribution is 5.85. The topological polar surface area (TPSA) is 103 Å². The molecule has 8 heteroatoms. The Morgan fingerprint density at radius 2 is 0.517 bits per heavy atom. The second-order valence-corrected chi connectivity index (χ2v) is 14.1. The third-order valence-electron chi connectivity index (χ3n) is 10.1. The Morgan fingerprint density at radius 3 is 0.850 bits per heavy atom. The molecule has 0 atom stereocenters. The number of nitrogens with zero attached hydrogens (tertiary/aromatic N) is 8. The maximum absolute atomic E-state index is 5.25. The van der Waals surface area contributed by atoms with Crippen molar-refractivity contribution in [2.45, 2.75) is 0 Å². The molecule has 282 valence electrons. The zero-order chi connectivity index (χ0) is 40.1. The summed E-state index contributed by atoms with van der Waals surface area (Å²) in [6, 6.07) is 60.7. The van der Waals surface area contributed by atoms with E-state index in [1.165, 1.54) is 0 Å². The Bertz CT molecular complexity index is 2540. The second kappa shape index (κ2) is 16.2. The normalized spacial score (nSPS) is 11.0. The van der Waals surface area contributed by atoms with Gasteiger partial charge in [0.1, 0.15) is 0 Å². The summed E-state index contributed by atoms with van der Waals surface area (Å²) < 4.78 is 0. The van der Waals surface area contributed by atoms with Gasteiger partial charge in [0.2, 0.25) is 0 Å². The minimum absolute atomic E-state index is 0.589. The standard InChI is InChI=1S/C52H34N8/c1-3-15-35(16-4-1)46-34-47(36-17-5-2-6-18-36)60-52(59-46)41-28-37(39-30-48(42-19-7-11-23-53-42)57-49(31-39)43-20-8-12-24-54-43)27-38(29-41)40-32-50(44-21-9-13-25-55-44)58-51(33-40)45-22-10-14-26-56-45/h1-34H. The van der Waals surface area contributed by atoms with E-state index in [0.29, 0.717) is 5.82 Å². The summed E-state index contributed by atoms with van der Waals surface area (Å²) in [5.41, 5.74) is 14.2. The third-order valence-corrected chi connectivity index (χ3v) is 10.1. The van der Waals surface area contributed by atoms with Gasteiger partial charge in [-0.2, -0.15) is 0 Å². The van der Waals surface area contributed by atoms with Gasteiger partial charge in [-0.3, -0.25) is 19.9 Å². The lowest BCUT2D eigenvalue weighted by Gasteiger charge is -2.15.